The lowest BCUT2D eigenvalue weighted by molar-refractivity contribution is -0.124. The summed E-state index contributed by atoms with van der Waals surface area (Å²) in [4.78, 5) is 26.7. The van der Waals surface area contributed by atoms with Gasteiger partial charge in [0, 0.05) is 17.5 Å². The highest BCUT2D eigenvalue weighted by Crippen LogP contribution is 2.32. The third-order valence-electron chi connectivity index (χ3n) is 6.97. The van der Waals surface area contributed by atoms with Gasteiger partial charge in [-0.05, 0) is 42.7 Å². The molecule has 0 fully saturated rings. The molecule has 206 valence electrons. The van der Waals surface area contributed by atoms with E-state index in [1.807, 2.05) is 85.8 Å². The van der Waals surface area contributed by atoms with Crippen LogP contribution in [0.1, 0.15) is 41.1 Å². The molecule has 0 spiro atoms. The monoisotopic (exact) mass is 558 g/mol. The van der Waals surface area contributed by atoms with Crippen molar-refractivity contribution < 1.29 is 9.90 Å². The molecule has 2 heterocycles. The molecule has 9 nitrogen and oxygen atoms in total. The third-order valence-corrected chi connectivity index (χ3v) is 7.22. The first-order chi connectivity index (χ1) is 19.4. The van der Waals surface area contributed by atoms with Crippen molar-refractivity contribution in [1.29, 1.82) is 0 Å². The van der Waals surface area contributed by atoms with Crippen LogP contribution in [0.2, 0.25) is 5.02 Å². The number of nitrogens with zero attached hydrogens (tertiary/aromatic N) is 5. The van der Waals surface area contributed by atoms with Gasteiger partial charge in [0.05, 0.1) is 25.4 Å². The smallest absolute Gasteiger partial charge is 0.348 e. The van der Waals surface area contributed by atoms with E-state index in [0.29, 0.717) is 11.6 Å². The molecule has 40 heavy (non-hydrogen) atoms. The van der Waals surface area contributed by atoms with E-state index in [0.717, 1.165) is 28.0 Å². The SMILES string of the molecule is Cc1ccc(Cn2nc(N3CC(c4ccccc4)C(c4ccc(Cl)cc4)=N3)n([C@@H](C)C(=O)NCCO)c2=O)cc1. The van der Waals surface area contributed by atoms with Crippen molar-refractivity contribution in [3.05, 3.63) is 117 Å². The second-order valence-electron chi connectivity index (χ2n) is 9.82. The molecule has 10 heteroatoms. The average molecular weight is 559 g/mol. The number of nitrogens with one attached hydrogen (secondary N) is 1. The quantitative estimate of drug-likeness (QED) is 0.326. The van der Waals surface area contributed by atoms with Crippen molar-refractivity contribution in [3.63, 3.8) is 0 Å². The number of carbonyl (C=O) groups is 1. The van der Waals surface area contributed by atoms with E-state index in [4.69, 9.17) is 21.8 Å². The van der Waals surface area contributed by atoms with Gasteiger partial charge in [-0.25, -0.2) is 19.1 Å². The number of aryl methyl sites for hydroxylation is 1. The molecule has 0 saturated carbocycles. The Morgan fingerprint density at radius 3 is 2.45 bits per heavy atom. The van der Waals surface area contributed by atoms with Gasteiger partial charge in [-0.15, -0.1) is 5.10 Å². The summed E-state index contributed by atoms with van der Waals surface area (Å²) in [5, 5.41) is 23.8. The number of aliphatic hydroxyl groups is 1. The number of aliphatic hydroxyl groups excluding tert-OH is 1. The van der Waals surface area contributed by atoms with E-state index >= 15 is 0 Å². The highest BCUT2D eigenvalue weighted by atomic mass is 35.5. The van der Waals surface area contributed by atoms with Gasteiger partial charge in [0.1, 0.15) is 6.04 Å². The zero-order valence-corrected chi connectivity index (χ0v) is 23.1. The fourth-order valence-corrected chi connectivity index (χ4v) is 4.92. The Bertz CT molecular complexity index is 1560. The van der Waals surface area contributed by atoms with Gasteiger partial charge >= 0.3 is 5.69 Å². The van der Waals surface area contributed by atoms with Crippen LogP contribution in [0.3, 0.4) is 0 Å². The molecule has 0 saturated heterocycles. The Hall–Kier alpha value is -4.21. The van der Waals surface area contributed by atoms with Crippen LogP contribution in [0, 0.1) is 6.92 Å². The molecular weight excluding hydrogens is 528 g/mol. The zero-order valence-electron chi connectivity index (χ0n) is 22.4. The van der Waals surface area contributed by atoms with Crippen LogP contribution in [0.25, 0.3) is 0 Å². The van der Waals surface area contributed by atoms with E-state index in [1.165, 1.54) is 9.25 Å². The van der Waals surface area contributed by atoms with E-state index in [1.54, 1.807) is 11.9 Å². The topological polar surface area (TPSA) is 105 Å². The summed E-state index contributed by atoms with van der Waals surface area (Å²) in [6, 6.07) is 24.5. The van der Waals surface area contributed by atoms with Crippen LogP contribution < -0.4 is 16.0 Å². The van der Waals surface area contributed by atoms with Gasteiger partial charge in [0.15, 0.2) is 0 Å². The van der Waals surface area contributed by atoms with Gasteiger partial charge in [0.25, 0.3) is 0 Å². The first-order valence-electron chi connectivity index (χ1n) is 13.2. The highest BCUT2D eigenvalue weighted by Gasteiger charge is 2.35. The van der Waals surface area contributed by atoms with Crippen LogP contribution in [0.5, 0.6) is 0 Å². The maximum atomic E-state index is 13.7. The molecular formula is C30H31ClN6O3. The lowest BCUT2D eigenvalue weighted by atomic mass is 9.91. The Morgan fingerprint density at radius 2 is 1.77 bits per heavy atom. The summed E-state index contributed by atoms with van der Waals surface area (Å²) in [7, 11) is 0. The van der Waals surface area contributed by atoms with E-state index in [9.17, 15) is 14.7 Å². The maximum Gasteiger partial charge on any atom is 0.348 e. The fourth-order valence-electron chi connectivity index (χ4n) is 4.79. The number of aromatic nitrogens is 3. The molecule has 0 radical (unpaired) electrons. The number of hydrogen-bond acceptors (Lipinski definition) is 6. The molecule has 1 aliphatic rings. The van der Waals surface area contributed by atoms with Gasteiger partial charge in [-0.3, -0.25) is 4.79 Å². The van der Waals surface area contributed by atoms with Crippen molar-refractivity contribution in [2.75, 3.05) is 24.7 Å². The van der Waals surface area contributed by atoms with Gasteiger partial charge in [0.2, 0.25) is 11.9 Å². The summed E-state index contributed by atoms with van der Waals surface area (Å²) in [6.45, 7) is 4.20. The lowest BCUT2D eigenvalue weighted by Crippen LogP contribution is -2.38. The number of rotatable bonds is 9. The number of hydrazone groups is 1. The molecule has 1 amide bonds. The molecule has 2 N–H and O–H groups in total. The summed E-state index contributed by atoms with van der Waals surface area (Å²) in [5.74, 6) is -0.228. The molecule has 0 bridgehead atoms. The maximum absolute atomic E-state index is 13.7. The number of carbonyl (C=O) groups excluding carboxylic acids is 1. The Balaban J connectivity index is 1.59. The highest BCUT2D eigenvalue weighted by molar-refractivity contribution is 6.30. The molecule has 0 aliphatic carbocycles. The standard InChI is InChI=1S/C30H31ClN6O3/c1-20-8-10-22(11-9-20)18-36-30(40)37(21(2)28(39)32-16-17-38)29(34-36)35-19-26(23-6-4-3-5-7-23)27(33-35)24-12-14-25(31)15-13-24/h3-15,21,26,38H,16-19H2,1-2H3,(H,32,39)/t21-,26?/m0/s1. The number of hydrogen-bond donors (Lipinski definition) is 2. The molecule has 5 rings (SSSR count). The number of anilines is 1. The van der Waals surface area contributed by atoms with E-state index < -0.39 is 17.6 Å². The predicted octanol–water partition coefficient (Wildman–Crippen LogP) is 3.73. The van der Waals surface area contributed by atoms with Crippen LogP contribution in [-0.2, 0) is 11.3 Å². The summed E-state index contributed by atoms with van der Waals surface area (Å²) in [5.41, 5.74) is 4.39. The summed E-state index contributed by atoms with van der Waals surface area (Å²) in [6.07, 6.45) is 0. The average Bonchev–Trinajstić information content (AvgIpc) is 3.55. The Morgan fingerprint density at radius 1 is 1.07 bits per heavy atom. The Labute approximate surface area is 237 Å². The molecule has 1 aliphatic heterocycles. The number of halogens is 1. The number of benzene rings is 3. The second-order valence-corrected chi connectivity index (χ2v) is 10.3. The van der Waals surface area contributed by atoms with E-state index in [-0.39, 0.29) is 31.6 Å². The fraction of sp³-hybridized carbons (Fsp3) is 0.267. The van der Waals surface area contributed by atoms with Crippen LogP contribution in [0.15, 0.2) is 88.8 Å². The van der Waals surface area contributed by atoms with E-state index in [2.05, 4.69) is 5.32 Å². The van der Waals surface area contributed by atoms with Crippen molar-refractivity contribution in [2.45, 2.75) is 32.4 Å². The molecule has 1 aromatic heterocycles. The predicted molar refractivity (Wildman–Crippen MR) is 156 cm³/mol. The first-order valence-corrected chi connectivity index (χ1v) is 13.5. The number of amides is 1. The molecule has 4 aromatic rings. The molecule has 2 atom stereocenters. The summed E-state index contributed by atoms with van der Waals surface area (Å²) < 4.78 is 2.74. The lowest BCUT2D eigenvalue weighted by Gasteiger charge is -2.19. The minimum Gasteiger partial charge on any atom is -0.395 e. The van der Waals surface area contributed by atoms with Crippen molar-refractivity contribution in [1.82, 2.24) is 19.7 Å². The van der Waals surface area contributed by atoms with Crippen molar-refractivity contribution >= 4 is 29.2 Å². The van der Waals surface area contributed by atoms with Crippen LogP contribution in [0.4, 0.5) is 5.95 Å². The first kappa shape index (κ1) is 27.4. The van der Waals surface area contributed by atoms with Gasteiger partial charge in [-0.1, -0.05) is 83.9 Å². The molecule has 1 unspecified atom stereocenters. The van der Waals surface area contributed by atoms with Gasteiger partial charge < -0.3 is 10.4 Å². The minimum absolute atomic E-state index is 0.0867. The minimum atomic E-state index is -0.884. The molecule has 3 aromatic carbocycles. The normalized spacial score (nSPS) is 15.7. The zero-order chi connectivity index (χ0) is 28.2. The van der Waals surface area contributed by atoms with Crippen molar-refractivity contribution in [3.8, 4) is 0 Å². The Kier molecular flexibility index (Phi) is 8.14. The third kappa shape index (κ3) is 5.71. The van der Waals surface area contributed by atoms with Gasteiger partial charge in [-0.2, -0.15) is 5.10 Å². The second kappa shape index (κ2) is 11.9. The largest absolute Gasteiger partial charge is 0.395 e. The van der Waals surface area contributed by atoms with Crippen molar-refractivity contribution in [2.24, 2.45) is 5.10 Å². The van der Waals surface area contributed by atoms with Crippen LogP contribution >= 0.6 is 11.6 Å². The van der Waals surface area contributed by atoms with Crippen LogP contribution in [-0.4, -0.2) is 50.8 Å². The summed E-state index contributed by atoms with van der Waals surface area (Å²) >= 11 is 6.16.